The Labute approximate surface area is 167 Å². The van der Waals surface area contributed by atoms with E-state index in [1.165, 1.54) is 24.8 Å². The monoisotopic (exact) mass is 378 g/mol. The predicted molar refractivity (Wildman–Crippen MR) is 112 cm³/mol. The van der Waals surface area contributed by atoms with Crippen molar-refractivity contribution < 1.29 is 4.79 Å². The Kier molecular flexibility index (Phi) is 5.89. The fraction of sp³-hybridized carbons (Fsp3) is 0.522. The lowest BCUT2D eigenvalue weighted by atomic mass is 9.93. The molecule has 28 heavy (non-hydrogen) atoms. The second-order valence-electron chi connectivity index (χ2n) is 8.22. The van der Waals surface area contributed by atoms with E-state index < -0.39 is 0 Å². The standard InChI is InChI=1S/C23H30N4O/c1-17-8-5-6-12-20(17)21-13-14-22(26-25-21)27-15-7-9-18(16-27)23(28)24-19-10-3-2-4-11-19/h5-6,8,12-14,18-19H,2-4,7,9-11,15-16H2,1H3,(H,24,28). The lowest BCUT2D eigenvalue weighted by Gasteiger charge is -2.34. The zero-order valence-corrected chi connectivity index (χ0v) is 16.7. The van der Waals surface area contributed by atoms with Gasteiger partial charge in [0.1, 0.15) is 0 Å². The van der Waals surface area contributed by atoms with Gasteiger partial charge in [-0.3, -0.25) is 4.79 Å². The molecule has 4 rings (SSSR count). The molecule has 0 radical (unpaired) electrons. The van der Waals surface area contributed by atoms with Crippen LogP contribution in [0.2, 0.25) is 0 Å². The molecule has 1 aromatic heterocycles. The zero-order chi connectivity index (χ0) is 19.3. The normalized spacial score (nSPS) is 20.8. The molecule has 2 aromatic rings. The van der Waals surface area contributed by atoms with Crippen LogP contribution < -0.4 is 10.2 Å². The van der Waals surface area contributed by atoms with E-state index in [9.17, 15) is 4.79 Å². The van der Waals surface area contributed by atoms with Crippen LogP contribution >= 0.6 is 0 Å². The maximum Gasteiger partial charge on any atom is 0.225 e. The molecule has 2 heterocycles. The van der Waals surface area contributed by atoms with Crippen LogP contribution in [0.5, 0.6) is 0 Å². The highest BCUT2D eigenvalue weighted by Gasteiger charge is 2.28. The second kappa shape index (κ2) is 8.72. The Morgan fingerprint density at radius 1 is 1.00 bits per heavy atom. The Hall–Kier alpha value is -2.43. The van der Waals surface area contributed by atoms with E-state index in [2.05, 4.69) is 39.5 Å². The van der Waals surface area contributed by atoms with E-state index in [4.69, 9.17) is 0 Å². The third-order valence-corrected chi connectivity index (χ3v) is 6.14. The first-order valence-electron chi connectivity index (χ1n) is 10.7. The Bertz CT molecular complexity index is 799. The molecule has 0 bridgehead atoms. The summed E-state index contributed by atoms with van der Waals surface area (Å²) in [5.74, 6) is 1.14. The number of hydrogen-bond donors (Lipinski definition) is 1. The summed E-state index contributed by atoms with van der Waals surface area (Å²) >= 11 is 0. The van der Waals surface area contributed by atoms with Gasteiger partial charge >= 0.3 is 0 Å². The molecular formula is C23H30N4O. The van der Waals surface area contributed by atoms with Gasteiger partial charge in [0.25, 0.3) is 0 Å². The summed E-state index contributed by atoms with van der Waals surface area (Å²) in [6.07, 6.45) is 8.03. The number of carbonyl (C=O) groups excluding carboxylic acids is 1. The van der Waals surface area contributed by atoms with Crippen LogP contribution in [0.25, 0.3) is 11.3 Å². The molecule has 0 spiro atoms. The molecular weight excluding hydrogens is 348 g/mol. The van der Waals surface area contributed by atoms with Crippen molar-refractivity contribution in [1.82, 2.24) is 15.5 Å². The van der Waals surface area contributed by atoms with Crippen LogP contribution in [0.3, 0.4) is 0 Å². The summed E-state index contributed by atoms with van der Waals surface area (Å²) in [5.41, 5.74) is 3.21. The fourth-order valence-corrected chi connectivity index (χ4v) is 4.46. The molecule has 1 amide bonds. The molecule has 1 saturated carbocycles. The molecule has 2 aliphatic rings. The van der Waals surface area contributed by atoms with Gasteiger partial charge in [0.05, 0.1) is 11.6 Å². The topological polar surface area (TPSA) is 58.1 Å². The minimum absolute atomic E-state index is 0.0496. The van der Waals surface area contributed by atoms with Gasteiger partial charge in [-0.15, -0.1) is 10.2 Å². The highest BCUT2D eigenvalue weighted by atomic mass is 16.2. The van der Waals surface area contributed by atoms with Gasteiger partial charge in [-0.1, -0.05) is 43.5 Å². The minimum Gasteiger partial charge on any atom is -0.354 e. The maximum absolute atomic E-state index is 12.7. The van der Waals surface area contributed by atoms with Crippen LogP contribution in [0, 0.1) is 12.8 Å². The second-order valence-corrected chi connectivity index (χ2v) is 8.22. The SMILES string of the molecule is Cc1ccccc1-c1ccc(N2CCCC(C(=O)NC3CCCCC3)C2)nn1. The molecule has 1 saturated heterocycles. The van der Waals surface area contributed by atoms with Crippen LogP contribution in [-0.2, 0) is 4.79 Å². The van der Waals surface area contributed by atoms with Crippen molar-refractivity contribution in [3.05, 3.63) is 42.0 Å². The van der Waals surface area contributed by atoms with E-state index in [1.807, 2.05) is 24.3 Å². The highest BCUT2D eigenvalue weighted by molar-refractivity contribution is 5.80. The molecule has 148 valence electrons. The Morgan fingerprint density at radius 3 is 2.57 bits per heavy atom. The fourth-order valence-electron chi connectivity index (χ4n) is 4.46. The summed E-state index contributed by atoms with van der Waals surface area (Å²) in [5, 5.41) is 12.2. The molecule has 1 aliphatic carbocycles. The minimum atomic E-state index is 0.0496. The quantitative estimate of drug-likeness (QED) is 0.870. The number of carbonyl (C=O) groups is 1. The molecule has 1 aliphatic heterocycles. The van der Waals surface area contributed by atoms with Crippen LogP contribution in [-0.4, -0.2) is 35.2 Å². The van der Waals surface area contributed by atoms with E-state index >= 15 is 0 Å². The smallest absolute Gasteiger partial charge is 0.225 e. The molecule has 5 heteroatoms. The molecule has 1 aromatic carbocycles. The first-order chi connectivity index (χ1) is 13.7. The van der Waals surface area contributed by atoms with Gasteiger partial charge in [-0.2, -0.15) is 0 Å². The van der Waals surface area contributed by atoms with Crippen molar-refractivity contribution in [3.8, 4) is 11.3 Å². The molecule has 1 atom stereocenters. The number of nitrogens with zero attached hydrogens (tertiary/aromatic N) is 3. The van der Waals surface area contributed by atoms with Crippen molar-refractivity contribution in [2.75, 3.05) is 18.0 Å². The predicted octanol–water partition coefficient (Wildman–Crippen LogP) is 4.12. The van der Waals surface area contributed by atoms with Gasteiger partial charge in [0.15, 0.2) is 5.82 Å². The van der Waals surface area contributed by atoms with E-state index in [-0.39, 0.29) is 11.8 Å². The zero-order valence-electron chi connectivity index (χ0n) is 16.7. The summed E-state index contributed by atoms with van der Waals surface area (Å²) in [6.45, 7) is 3.76. The average Bonchev–Trinajstić information content (AvgIpc) is 2.75. The van der Waals surface area contributed by atoms with Gasteiger partial charge in [0, 0.05) is 24.7 Å². The summed E-state index contributed by atoms with van der Waals surface area (Å²) in [6, 6.07) is 12.7. The van der Waals surface area contributed by atoms with E-state index in [0.717, 1.165) is 55.8 Å². The number of hydrogen-bond acceptors (Lipinski definition) is 4. The third-order valence-electron chi connectivity index (χ3n) is 6.14. The number of rotatable bonds is 4. The Balaban J connectivity index is 1.40. The number of benzene rings is 1. The summed E-state index contributed by atoms with van der Waals surface area (Å²) in [7, 11) is 0. The number of aryl methyl sites for hydroxylation is 1. The van der Waals surface area contributed by atoms with Crippen LogP contribution in [0.15, 0.2) is 36.4 Å². The van der Waals surface area contributed by atoms with Crippen molar-refractivity contribution in [2.45, 2.75) is 57.9 Å². The number of amides is 1. The third kappa shape index (κ3) is 4.34. The van der Waals surface area contributed by atoms with Gasteiger partial charge < -0.3 is 10.2 Å². The Morgan fingerprint density at radius 2 is 1.82 bits per heavy atom. The molecule has 1 N–H and O–H groups in total. The summed E-state index contributed by atoms with van der Waals surface area (Å²) < 4.78 is 0. The lowest BCUT2D eigenvalue weighted by Crippen LogP contribution is -2.46. The average molecular weight is 379 g/mol. The van der Waals surface area contributed by atoms with Gasteiger partial charge in [0.2, 0.25) is 5.91 Å². The van der Waals surface area contributed by atoms with Crippen molar-refractivity contribution in [1.29, 1.82) is 0 Å². The largest absolute Gasteiger partial charge is 0.354 e. The number of anilines is 1. The van der Waals surface area contributed by atoms with E-state index in [1.54, 1.807) is 0 Å². The van der Waals surface area contributed by atoms with Crippen molar-refractivity contribution in [3.63, 3.8) is 0 Å². The van der Waals surface area contributed by atoms with Crippen molar-refractivity contribution in [2.24, 2.45) is 5.92 Å². The molecule has 1 unspecified atom stereocenters. The number of nitrogens with one attached hydrogen (secondary N) is 1. The first kappa shape index (κ1) is 18.9. The van der Waals surface area contributed by atoms with Crippen LogP contribution in [0.4, 0.5) is 5.82 Å². The van der Waals surface area contributed by atoms with Gasteiger partial charge in [-0.05, 0) is 50.3 Å². The van der Waals surface area contributed by atoms with Crippen molar-refractivity contribution >= 4 is 11.7 Å². The molecule has 5 nitrogen and oxygen atoms in total. The van der Waals surface area contributed by atoms with E-state index in [0.29, 0.717) is 6.04 Å². The number of piperidine rings is 1. The maximum atomic E-state index is 12.7. The molecule has 2 fully saturated rings. The lowest BCUT2D eigenvalue weighted by molar-refractivity contribution is -0.126. The van der Waals surface area contributed by atoms with Crippen LogP contribution in [0.1, 0.15) is 50.5 Å². The summed E-state index contributed by atoms with van der Waals surface area (Å²) in [4.78, 5) is 15.0. The first-order valence-corrected chi connectivity index (χ1v) is 10.7. The highest BCUT2D eigenvalue weighted by Crippen LogP contribution is 2.25. The van der Waals surface area contributed by atoms with Gasteiger partial charge in [-0.25, -0.2) is 0 Å². The number of aromatic nitrogens is 2.